The highest BCUT2D eigenvalue weighted by atomic mass is 127. The molecule has 0 radical (unpaired) electrons. The zero-order valence-corrected chi connectivity index (χ0v) is 10.9. The molecule has 4 nitrogen and oxygen atoms in total. The molecule has 0 saturated carbocycles. The van der Waals surface area contributed by atoms with Crippen LogP contribution in [0.1, 0.15) is 0 Å². The fourth-order valence-electron chi connectivity index (χ4n) is 1.81. The lowest BCUT2D eigenvalue weighted by molar-refractivity contribution is 1.07. The first-order valence-corrected chi connectivity index (χ1v) is 6.15. The van der Waals surface area contributed by atoms with Gasteiger partial charge in [-0.2, -0.15) is 0 Å². The van der Waals surface area contributed by atoms with E-state index in [0.29, 0.717) is 11.0 Å². The first kappa shape index (κ1) is 10.5. The molecule has 0 amide bonds. The quantitative estimate of drug-likeness (QED) is 0.693. The second kappa shape index (κ2) is 3.99. The molecule has 2 aromatic heterocycles. The van der Waals surface area contributed by atoms with Crippen LogP contribution in [0, 0.1) is 3.57 Å². The summed E-state index contributed by atoms with van der Waals surface area (Å²) in [7, 11) is 0. The van der Waals surface area contributed by atoms with E-state index in [2.05, 4.69) is 32.6 Å². The molecule has 0 aliphatic rings. The third-order valence-corrected chi connectivity index (χ3v) is 3.39. The van der Waals surface area contributed by atoms with Crippen molar-refractivity contribution in [1.29, 1.82) is 0 Å². The predicted octanol–water partition coefficient (Wildman–Crippen LogP) is 2.32. The number of nitrogens with zero attached hydrogens (tertiary/aromatic N) is 2. The van der Waals surface area contributed by atoms with Crippen molar-refractivity contribution in [3.63, 3.8) is 0 Å². The topological polar surface area (TPSA) is 50.7 Å². The molecule has 0 aliphatic carbocycles. The maximum atomic E-state index is 11.7. The van der Waals surface area contributed by atoms with E-state index in [-0.39, 0.29) is 5.56 Å². The monoisotopic (exact) mass is 337 g/mol. The van der Waals surface area contributed by atoms with Gasteiger partial charge in [-0.3, -0.25) is 4.79 Å². The molecular weight excluding hydrogens is 329 g/mol. The van der Waals surface area contributed by atoms with Gasteiger partial charge in [0.05, 0.1) is 11.7 Å². The minimum Gasteiger partial charge on any atom is -0.312 e. The SMILES string of the molecule is O=c1[nH]cnc2c1c(I)cn2-c1ccccc1. The highest BCUT2D eigenvalue weighted by Crippen LogP contribution is 2.21. The van der Waals surface area contributed by atoms with E-state index < -0.39 is 0 Å². The Kier molecular flexibility index (Phi) is 2.47. The van der Waals surface area contributed by atoms with Crippen molar-refractivity contribution < 1.29 is 0 Å². The van der Waals surface area contributed by atoms with Crippen LogP contribution < -0.4 is 5.56 Å². The van der Waals surface area contributed by atoms with Crippen molar-refractivity contribution in [2.45, 2.75) is 0 Å². The largest absolute Gasteiger partial charge is 0.312 e. The Labute approximate surface area is 110 Å². The van der Waals surface area contributed by atoms with Crippen molar-refractivity contribution in [2.24, 2.45) is 0 Å². The van der Waals surface area contributed by atoms with E-state index in [9.17, 15) is 4.79 Å². The van der Waals surface area contributed by atoms with Gasteiger partial charge in [-0.15, -0.1) is 0 Å². The minimum atomic E-state index is -0.103. The number of nitrogens with one attached hydrogen (secondary N) is 1. The fourth-order valence-corrected chi connectivity index (χ4v) is 2.58. The molecule has 0 bridgehead atoms. The number of aromatic amines is 1. The summed E-state index contributed by atoms with van der Waals surface area (Å²) in [4.78, 5) is 18.6. The zero-order valence-electron chi connectivity index (χ0n) is 8.72. The summed E-state index contributed by atoms with van der Waals surface area (Å²) < 4.78 is 2.82. The van der Waals surface area contributed by atoms with Crippen LogP contribution in [0.4, 0.5) is 0 Å². The van der Waals surface area contributed by atoms with Gasteiger partial charge in [0.25, 0.3) is 5.56 Å². The Bertz CT molecular complexity index is 730. The van der Waals surface area contributed by atoms with E-state index in [1.165, 1.54) is 6.33 Å². The van der Waals surface area contributed by atoms with Crippen molar-refractivity contribution in [3.05, 3.63) is 56.8 Å². The van der Waals surface area contributed by atoms with E-state index in [1.807, 2.05) is 41.1 Å². The van der Waals surface area contributed by atoms with Crippen LogP contribution in [-0.2, 0) is 0 Å². The molecule has 1 aromatic carbocycles. The normalized spacial score (nSPS) is 10.9. The van der Waals surface area contributed by atoms with E-state index in [4.69, 9.17) is 0 Å². The lowest BCUT2D eigenvalue weighted by Crippen LogP contribution is -2.07. The predicted molar refractivity (Wildman–Crippen MR) is 74.4 cm³/mol. The number of para-hydroxylation sites is 1. The van der Waals surface area contributed by atoms with Crippen LogP contribution >= 0.6 is 22.6 Å². The van der Waals surface area contributed by atoms with E-state index in [1.54, 1.807) is 0 Å². The van der Waals surface area contributed by atoms with Gasteiger partial charge in [0.1, 0.15) is 0 Å². The molecule has 3 aromatic rings. The molecule has 0 unspecified atom stereocenters. The van der Waals surface area contributed by atoms with Gasteiger partial charge >= 0.3 is 0 Å². The molecule has 2 heterocycles. The van der Waals surface area contributed by atoms with E-state index >= 15 is 0 Å². The number of H-pyrrole nitrogens is 1. The van der Waals surface area contributed by atoms with Gasteiger partial charge in [-0.05, 0) is 34.7 Å². The van der Waals surface area contributed by atoms with E-state index in [0.717, 1.165) is 9.26 Å². The minimum absolute atomic E-state index is 0.103. The van der Waals surface area contributed by atoms with Crippen LogP contribution in [-0.4, -0.2) is 14.5 Å². The standard InChI is InChI=1S/C12H8IN3O/c13-9-6-16(8-4-2-1-3-5-8)11-10(9)12(17)15-7-14-11/h1-7H,(H,14,15,17). The highest BCUT2D eigenvalue weighted by molar-refractivity contribution is 14.1. The molecule has 0 spiro atoms. The molecule has 1 N–H and O–H groups in total. The highest BCUT2D eigenvalue weighted by Gasteiger charge is 2.11. The van der Waals surface area contributed by atoms with Crippen molar-refractivity contribution in [1.82, 2.24) is 14.5 Å². The van der Waals surface area contributed by atoms with Crippen LogP contribution in [0.5, 0.6) is 0 Å². The average molecular weight is 337 g/mol. The molecule has 17 heavy (non-hydrogen) atoms. The van der Waals surface area contributed by atoms with Gasteiger partial charge in [0, 0.05) is 15.5 Å². The van der Waals surface area contributed by atoms with Crippen molar-refractivity contribution in [2.75, 3.05) is 0 Å². The fraction of sp³-hybridized carbons (Fsp3) is 0. The van der Waals surface area contributed by atoms with Gasteiger partial charge in [-0.1, -0.05) is 18.2 Å². The second-order valence-electron chi connectivity index (χ2n) is 3.61. The Morgan fingerprint density at radius 3 is 2.76 bits per heavy atom. The Morgan fingerprint density at radius 2 is 2.00 bits per heavy atom. The number of hydrogen-bond donors (Lipinski definition) is 1. The summed E-state index contributed by atoms with van der Waals surface area (Å²) in [5, 5.41) is 0.636. The second-order valence-corrected chi connectivity index (χ2v) is 4.78. The number of benzene rings is 1. The molecule has 0 saturated heterocycles. The molecule has 0 atom stereocenters. The molecule has 0 fully saturated rings. The smallest absolute Gasteiger partial charge is 0.261 e. The number of fused-ring (bicyclic) bond motifs is 1. The third kappa shape index (κ3) is 1.66. The first-order chi connectivity index (χ1) is 8.27. The maximum Gasteiger partial charge on any atom is 0.261 e. The van der Waals surface area contributed by atoms with Gasteiger partial charge in [0.15, 0.2) is 5.65 Å². The van der Waals surface area contributed by atoms with Crippen LogP contribution in [0.3, 0.4) is 0 Å². The maximum absolute atomic E-state index is 11.7. The number of hydrogen-bond acceptors (Lipinski definition) is 2. The molecule has 5 heteroatoms. The number of aromatic nitrogens is 3. The van der Waals surface area contributed by atoms with Crippen LogP contribution in [0.2, 0.25) is 0 Å². The van der Waals surface area contributed by atoms with Crippen molar-refractivity contribution in [3.8, 4) is 5.69 Å². The molecular formula is C12H8IN3O. The summed E-state index contributed by atoms with van der Waals surface area (Å²) in [6.07, 6.45) is 3.35. The van der Waals surface area contributed by atoms with Crippen LogP contribution in [0.25, 0.3) is 16.7 Å². The zero-order chi connectivity index (χ0) is 11.8. The number of halogens is 1. The average Bonchev–Trinajstić information content (AvgIpc) is 2.69. The Morgan fingerprint density at radius 1 is 1.24 bits per heavy atom. The summed E-state index contributed by atoms with van der Waals surface area (Å²) in [6, 6.07) is 9.85. The van der Waals surface area contributed by atoms with Gasteiger partial charge in [0.2, 0.25) is 0 Å². The molecule has 0 aliphatic heterocycles. The summed E-state index contributed by atoms with van der Waals surface area (Å²) >= 11 is 2.15. The third-order valence-electron chi connectivity index (χ3n) is 2.58. The van der Waals surface area contributed by atoms with Gasteiger partial charge in [-0.25, -0.2) is 4.98 Å². The summed E-state index contributed by atoms with van der Waals surface area (Å²) in [5.74, 6) is 0. The summed E-state index contributed by atoms with van der Waals surface area (Å²) in [5.41, 5.74) is 1.58. The first-order valence-electron chi connectivity index (χ1n) is 5.07. The number of rotatable bonds is 1. The van der Waals surface area contributed by atoms with Gasteiger partial charge < -0.3 is 9.55 Å². The lowest BCUT2D eigenvalue weighted by atomic mass is 10.3. The van der Waals surface area contributed by atoms with Crippen LogP contribution in [0.15, 0.2) is 47.7 Å². The Balaban J connectivity index is 2.40. The summed E-state index contributed by atoms with van der Waals surface area (Å²) in [6.45, 7) is 0. The molecule has 3 rings (SSSR count). The Hall–Kier alpha value is -1.63. The molecule has 84 valence electrons. The van der Waals surface area contributed by atoms with Crippen molar-refractivity contribution >= 4 is 33.6 Å². The lowest BCUT2D eigenvalue weighted by Gasteiger charge is -2.02.